The minimum absolute atomic E-state index is 0.108. The molecule has 0 bridgehead atoms. The first-order valence-corrected chi connectivity index (χ1v) is 7.43. The maximum absolute atomic E-state index is 12.5. The molecule has 1 fully saturated rings. The molecule has 1 N–H and O–H groups in total. The van der Waals surface area contributed by atoms with Gasteiger partial charge in [0.2, 0.25) is 5.91 Å². The lowest BCUT2D eigenvalue weighted by atomic mass is 9.83. The Bertz CT molecular complexity index is 447. The van der Waals surface area contributed by atoms with Crippen molar-refractivity contribution in [2.45, 2.75) is 38.1 Å². The Kier molecular flexibility index (Phi) is 4.48. The fourth-order valence-corrected chi connectivity index (χ4v) is 2.66. The van der Waals surface area contributed by atoms with Gasteiger partial charge in [-0.15, -0.1) is 0 Å². The highest BCUT2D eigenvalue weighted by Crippen LogP contribution is 2.34. The summed E-state index contributed by atoms with van der Waals surface area (Å²) in [5, 5.41) is 3.14. The first kappa shape index (κ1) is 15.0. The van der Waals surface area contributed by atoms with Crippen molar-refractivity contribution >= 4 is 5.91 Å². The minimum atomic E-state index is -0.484. The lowest BCUT2D eigenvalue weighted by Crippen LogP contribution is -2.47. The number of benzene rings is 1. The van der Waals surface area contributed by atoms with Crippen LogP contribution in [0.25, 0.3) is 0 Å². The molecule has 1 amide bonds. The molecule has 0 aromatic heterocycles. The Balaban J connectivity index is 1.97. The van der Waals surface area contributed by atoms with Gasteiger partial charge in [0, 0.05) is 12.6 Å². The van der Waals surface area contributed by atoms with Gasteiger partial charge in [0.15, 0.2) is 0 Å². The van der Waals surface area contributed by atoms with Gasteiger partial charge in [0.05, 0.1) is 5.41 Å². The predicted molar refractivity (Wildman–Crippen MR) is 82.7 cm³/mol. The number of likely N-dealkylation sites (N-methyl/N-ethyl adjacent to an activating group) is 1. The number of rotatable bonds is 6. The van der Waals surface area contributed by atoms with Crippen LogP contribution in [0, 0.1) is 5.92 Å². The van der Waals surface area contributed by atoms with Crippen molar-refractivity contribution in [2.75, 3.05) is 20.6 Å². The zero-order chi connectivity index (χ0) is 14.8. The van der Waals surface area contributed by atoms with Gasteiger partial charge in [-0.05, 0) is 52.3 Å². The summed E-state index contributed by atoms with van der Waals surface area (Å²) >= 11 is 0. The molecule has 1 aromatic rings. The number of carbonyl (C=O) groups excluding carboxylic acids is 1. The number of amides is 1. The normalized spacial score (nSPS) is 17.1. The minimum Gasteiger partial charge on any atom is -0.354 e. The van der Waals surface area contributed by atoms with Crippen molar-refractivity contribution < 1.29 is 4.79 Å². The second-order valence-corrected chi connectivity index (χ2v) is 6.57. The molecular formula is C17H26N2O. The van der Waals surface area contributed by atoms with Crippen molar-refractivity contribution in [2.24, 2.45) is 5.92 Å². The van der Waals surface area contributed by atoms with E-state index in [2.05, 4.69) is 24.3 Å². The molecule has 0 unspecified atom stereocenters. The Hall–Kier alpha value is -1.35. The highest BCUT2D eigenvalue weighted by molar-refractivity contribution is 5.87. The maximum atomic E-state index is 12.5. The number of hydrogen-bond acceptors (Lipinski definition) is 2. The third kappa shape index (κ3) is 3.40. The molecule has 20 heavy (non-hydrogen) atoms. The van der Waals surface area contributed by atoms with Gasteiger partial charge in [0.1, 0.15) is 0 Å². The summed E-state index contributed by atoms with van der Waals surface area (Å²) in [4.78, 5) is 14.7. The molecule has 0 aliphatic heterocycles. The van der Waals surface area contributed by atoms with Gasteiger partial charge in [0.25, 0.3) is 0 Å². The highest BCUT2D eigenvalue weighted by atomic mass is 16.2. The summed E-state index contributed by atoms with van der Waals surface area (Å²) in [7, 11) is 4.19. The molecule has 1 saturated carbocycles. The van der Waals surface area contributed by atoms with E-state index in [1.165, 1.54) is 12.8 Å². The Morgan fingerprint density at radius 3 is 2.40 bits per heavy atom. The molecular weight excluding hydrogens is 248 g/mol. The summed E-state index contributed by atoms with van der Waals surface area (Å²) in [5.41, 5.74) is 0.576. The average Bonchev–Trinajstić information content (AvgIpc) is 3.24. The fraction of sp³-hybridized carbons (Fsp3) is 0.588. The molecule has 1 aliphatic carbocycles. The van der Waals surface area contributed by atoms with Crippen molar-refractivity contribution in [3.63, 3.8) is 0 Å². The lowest BCUT2D eigenvalue weighted by Gasteiger charge is -2.28. The molecule has 0 heterocycles. The zero-order valence-corrected chi connectivity index (χ0v) is 13.0. The van der Waals surface area contributed by atoms with Gasteiger partial charge >= 0.3 is 0 Å². The number of carbonyl (C=O) groups is 1. The SMILES string of the molecule is CN(C)[C@H](CNC(=O)C(C)(C)c1ccccc1)C1CC1. The molecule has 2 rings (SSSR count). The van der Waals surface area contributed by atoms with Gasteiger partial charge in [-0.3, -0.25) is 4.79 Å². The van der Waals surface area contributed by atoms with Gasteiger partial charge in [-0.25, -0.2) is 0 Å². The van der Waals surface area contributed by atoms with E-state index in [0.717, 1.165) is 18.0 Å². The van der Waals surface area contributed by atoms with Gasteiger partial charge in [-0.1, -0.05) is 30.3 Å². The number of nitrogens with one attached hydrogen (secondary N) is 1. The quantitative estimate of drug-likeness (QED) is 0.864. The average molecular weight is 274 g/mol. The van der Waals surface area contributed by atoms with E-state index >= 15 is 0 Å². The standard InChI is InChI=1S/C17H26N2O/c1-17(2,14-8-6-5-7-9-14)16(20)18-12-15(19(3)4)13-10-11-13/h5-9,13,15H,10-12H2,1-4H3,(H,18,20)/t15-/m1/s1. The summed E-state index contributed by atoms with van der Waals surface area (Å²) < 4.78 is 0. The van der Waals surface area contributed by atoms with E-state index < -0.39 is 5.41 Å². The van der Waals surface area contributed by atoms with Crippen LogP contribution in [0.1, 0.15) is 32.3 Å². The first-order valence-electron chi connectivity index (χ1n) is 7.43. The fourth-order valence-electron chi connectivity index (χ4n) is 2.66. The summed E-state index contributed by atoms with van der Waals surface area (Å²) in [6, 6.07) is 10.4. The van der Waals surface area contributed by atoms with Crippen molar-refractivity contribution in [3.8, 4) is 0 Å². The zero-order valence-electron chi connectivity index (χ0n) is 13.0. The van der Waals surface area contributed by atoms with Crippen LogP contribution in [0.4, 0.5) is 0 Å². The van der Waals surface area contributed by atoms with Crippen molar-refractivity contribution in [3.05, 3.63) is 35.9 Å². The van der Waals surface area contributed by atoms with E-state index in [1.807, 2.05) is 44.2 Å². The third-order valence-corrected chi connectivity index (χ3v) is 4.36. The molecule has 1 aliphatic rings. The molecule has 0 spiro atoms. The van der Waals surface area contributed by atoms with Crippen LogP contribution in [-0.2, 0) is 10.2 Å². The van der Waals surface area contributed by atoms with Crippen LogP contribution in [0.5, 0.6) is 0 Å². The Morgan fingerprint density at radius 1 is 1.30 bits per heavy atom. The van der Waals surface area contributed by atoms with Crippen LogP contribution in [0.3, 0.4) is 0 Å². The molecule has 3 heteroatoms. The Morgan fingerprint density at radius 2 is 1.90 bits per heavy atom. The second-order valence-electron chi connectivity index (χ2n) is 6.57. The molecule has 0 radical (unpaired) electrons. The van der Waals surface area contributed by atoms with E-state index in [1.54, 1.807) is 0 Å². The molecule has 1 atom stereocenters. The van der Waals surface area contributed by atoms with Crippen LogP contribution in [0.2, 0.25) is 0 Å². The number of nitrogens with zero attached hydrogens (tertiary/aromatic N) is 1. The Labute approximate surface area is 122 Å². The number of hydrogen-bond donors (Lipinski definition) is 1. The first-order chi connectivity index (χ1) is 9.43. The van der Waals surface area contributed by atoms with Crippen LogP contribution < -0.4 is 5.32 Å². The highest BCUT2D eigenvalue weighted by Gasteiger charge is 2.35. The monoisotopic (exact) mass is 274 g/mol. The molecule has 1 aromatic carbocycles. The van der Waals surface area contributed by atoms with Gasteiger partial charge in [-0.2, -0.15) is 0 Å². The van der Waals surface area contributed by atoms with E-state index in [0.29, 0.717) is 6.04 Å². The summed E-state index contributed by atoms with van der Waals surface area (Å²) in [6.07, 6.45) is 2.58. The van der Waals surface area contributed by atoms with Crippen molar-refractivity contribution in [1.29, 1.82) is 0 Å². The maximum Gasteiger partial charge on any atom is 0.230 e. The molecule has 0 saturated heterocycles. The smallest absolute Gasteiger partial charge is 0.230 e. The van der Waals surface area contributed by atoms with Crippen LogP contribution in [-0.4, -0.2) is 37.5 Å². The topological polar surface area (TPSA) is 32.3 Å². The largest absolute Gasteiger partial charge is 0.354 e. The van der Waals surface area contributed by atoms with E-state index in [9.17, 15) is 4.79 Å². The predicted octanol–water partition coefficient (Wildman–Crippen LogP) is 2.42. The lowest BCUT2D eigenvalue weighted by molar-refractivity contribution is -0.125. The summed E-state index contributed by atoms with van der Waals surface area (Å²) in [6.45, 7) is 4.71. The van der Waals surface area contributed by atoms with E-state index in [-0.39, 0.29) is 5.91 Å². The third-order valence-electron chi connectivity index (χ3n) is 4.36. The van der Waals surface area contributed by atoms with Crippen LogP contribution in [0.15, 0.2) is 30.3 Å². The van der Waals surface area contributed by atoms with Crippen LogP contribution >= 0.6 is 0 Å². The van der Waals surface area contributed by atoms with E-state index in [4.69, 9.17) is 0 Å². The molecule has 3 nitrogen and oxygen atoms in total. The molecule has 110 valence electrons. The van der Waals surface area contributed by atoms with Crippen molar-refractivity contribution in [1.82, 2.24) is 10.2 Å². The summed E-state index contributed by atoms with van der Waals surface area (Å²) in [5.74, 6) is 0.862. The second kappa shape index (κ2) is 5.96. The van der Waals surface area contributed by atoms with Gasteiger partial charge < -0.3 is 10.2 Å².